The molecule has 5 nitrogen and oxygen atoms in total. The van der Waals surface area contributed by atoms with Crippen LogP contribution in [0.3, 0.4) is 0 Å². The van der Waals surface area contributed by atoms with Crippen molar-refractivity contribution in [3.8, 4) is 16.9 Å². The smallest absolute Gasteiger partial charge is 0.138 e. The number of hydrogen-bond acceptors (Lipinski definition) is 6. The molecule has 0 spiro atoms. The summed E-state index contributed by atoms with van der Waals surface area (Å²) in [6, 6.07) is 8.16. The zero-order valence-electron chi connectivity index (χ0n) is 15.9. The van der Waals surface area contributed by atoms with Crippen molar-refractivity contribution in [3.63, 3.8) is 0 Å². The van der Waals surface area contributed by atoms with E-state index >= 15 is 0 Å². The lowest BCUT2D eigenvalue weighted by Crippen LogP contribution is -2.36. The second-order valence-corrected chi connectivity index (χ2v) is 8.09. The molecule has 3 aromatic rings. The van der Waals surface area contributed by atoms with Crippen LogP contribution in [0.1, 0.15) is 19.8 Å². The molecule has 1 aliphatic rings. The van der Waals surface area contributed by atoms with Crippen LogP contribution in [0.15, 0.2) is 36.0 Å². The van der Waals surface area contributed by atoms with Gasteiger partial charge < -0.3 is 15.0 Å². The number of ether oxygens (including phenoxy) is 1. The lowest BCUT2D eigenvalue weighted by Gasteiger charge is -2.30. The monoisotopic (exact) mass is 382 g/mol. The Kier molecular flexibility index (Phi) is 5.55. The molecule has 0 saturated carbocycles. The molecule has 0 amide bonds. The van der Waals surface area contributed by atoms with E-state index < -0.39 is 0 Å². The summed E-state index contributed by atoms with van der Waals surface area (Å²) in [4.78, 5) is 12.6. The van der Waals surface area contributed by atoms with E-state index in [1.54, 1.807) is 24.8 Å². The molecule has 1 N–H and O–H groups in total. The summed E-state index contributed by atoms with van der Waals surface area (Å²) in [5.41, 5.74) is 2.33. The molecule has 1 fully saturated rings. The van der Waals surface area contributed by atoms with E-state index in [0.717, 1.165) is 46.4 Å². The summed E-state index contributed by atoms with van der Waals surface area (Å²) in [6.07, 6.45) is 4.27. The van der Waals surface area contributed by atoms with Gasteiger partial charge in [-0.05, 0) is 49.5 Å². The zero-order valence-corrected chi connectivity index (χ0v) is 16.8. The minimum absolute atomic E-state index is 0.865. The van der Waals surface area contributed by atoms with Gasteiger partial charge in [0, 0.05) is 24.0 Å². The normalized spacial score (nSPS) is 15.9. The maximum atomic E-state index is 5.28. The number of fused-ring (bicyclic) bond motifs is 1. The topological polar surface area (TPSA) is 50.3 Å². The van der Waals surface area contributed by atoms with Gasteiger partial charge in [0.15, 0.2) is 0 Å². The van der Waals surface area contributed by atoms with Gasteiger partial charge in [0.1, 0.15) is 22.7 Å². The molecule has 0 atom stereocenters. The van der Waals surface area contributed by atoms with Crippen LogP contribution in [-0.4, -0.2) is 48.2 Å². The zero-order chi connectivity index (χ0) is 18.6. The number of rotatable bonds is 6. The predicted molar refractivity (Wildman–Crippen MR) is 113 cm³/mol. The van der Waals surface area contributed by atoms with Gasteiger partial charge in [-0.3, -0.25) is 0 Å². The molecule has 2 aromatic heterocycles. The molecule has 0 unspecified atom stereocenters. The quantitative estimate of drug-likeness (QED) is 0.680. The first-order valence-corrected chi connectivity index (χ1v) is 10.5. The van der Waals surface area contributed by atoms with Crippen molar-refractivity contribution in [1.82, 2.24) is 14.9 Å². The fourth-order valence-corrected chi connectivity index (χ4v) is 4.53. The molecule has 1 aromatic carbocycles. The summed E-state index contributed by atoms with van der Waals surface area (Å²) in [6.45, 7) is 6.72. The Morgan fingerprint density at radius 1 is 1.19 bits per heavy atom. The molecule has 6 heteroatoms. The van der Waals surface area contributed by atoms with Gasteiger partial charge in [-0.25, -0.2) is 9.97 Å². The molecule has 142 valence electrons. The van der Waals surface area contributed by atoms with Crippen molar-refractivity contribution in [3.05, 3.63) is 36.0 Å². The Hall–Kier alpha value is -2.18. The van der Waals surface area contributed by atoms with Crippen LogP contribution in [0.5, 0.6) is 5.75 Å². The average Bonchev–Trinajstić information content (AvgIpc) is 3.15. The first-order valence-electron chi connectivity index (χ1n) is 9.57. The van der Waals surface area contributed by atoms with Crippen molar-refractivity contribution in [2.45, 2.75) is 19.8 Å². The number of thiophene rings is 1. The Balaban J connectivity index is 1.51. The molecule has 0 bridgehead atoms. The van der Waals surface area contributed by atoms with Crippen LogP contribution in [0.25, 0.3) is 21.3 Å². The van der Waals surface area contributed by atoms with Gasteiger partial charge in [0.25, 0.3) is 0 Å². The SMILES string of the molecule is COc1ccc(-c2csc3ncnc(NCCN4CCC(C)CC4)c23)cc1. The Bertz CT molecular complexity index is 885. The van der Waals surface area contributed by atoms with Crippen LogP contribution in [0.2, 0.25) is 0 Å². The van der Waals surface area contributed by atoms with E-state index in [-0.39, 0.29) is 0 Å². The minimum atomic E-state index is 0.865. The summed E-state index contributed by atoms with van der Waals surface area (Å²) in [5.74, 6) is 2.66. The second kappa shape index (κ2) is 8.23. The van der Waals surface area contributed by atoms with Gasteiger partial charge in [-0.2, -0.15) is 0 Å². The van der Waals surface area contributed by atoms with Crippen molar-refractivity contribution in [2.24, 2.45) is 5.92 Å². The summed E-state index contributed by atoms with van der Waals surface area (Å²) < 4.78 is 5.28. The highest BCUT2D eigenvalue weighted by Gasteiger charge is 2.16. The maximum absolute atomic E-state index is 5.28. The number of aromatic nitrogens is 2. The fraction of sp³-hybridized carbons (Fsp3) is 0.429. The molecule has 27 heavy (non-hydrogen) atoms. The van der Waals surface area contributed by atoms with Crippen LogP contribution in [-0.2, 0) is 0 Å². The third kappa shape index (κ3) is 4.06. The summed E-state index contributed by atoms with van der Waals surface area (Å²) in [5, 5.41) is 6.83. The average molecular weight is 383 g/mol. The highest BCUT2D eigenvalue weighted by molar-refractivity contribution is 7.17. The van der Waals surface area contributed by atoms with Crippen LogP contribution in [0, 0.1) is 5.92 Å². The van der Waals surface area contributed by atoms with Crippen molar-refractivity contribution in [1.29, 1.82) is 0 Å². The van der Waals surface area contributed by atoms with Gasteiger partial charge >= 0.3 is 0 Å². The molecule has 1 aliphatic heterocycles. The second-order valence-electron chi connectivity index (χ2n) is 7.23. The molecule has 0 aliphatic carbocycles. The third-order valence-electron chi connectivity index (χ3n) is 5.37. The molecule has 1 saturated heterocycles. The number of benzene rings is 1. The highest BCUT2D eigenvalue weighted by atomic mass is 32.1. The largest absolute Gasteiger partial charge is 0.497 e. The van der Waals surface area contributed by atoms with E-state index in [1.165, 1.54) is 31.5 Å². The van der Waals surface area contributed by atoms with Crippen molar-refractivity contribution in [2.75, 3.05) is 38.6 Å². The van der Waals surface area contributed by atoms with Gasteiger partial charge in [-0.1, -0.05) is 19.1 Å². The lowest BCUT2D eigenvalue weighted by atomic mass is 9.99. The van der Waals surface area contributed by atoms with Crippen LogP contribution in [0.4, 0.5) is 5.82 Å². The number of likely N-dealkylation sites (tertiary alicyclic amines) is 1. The van der Waals surface area contributed by atoms with E-state index in [4.69, 9.17) is 4.74 Å². The Labute approximate surface area is 164 Å². The number of methoxy groups -OCH3 is 1. The number of nitrogens with one attached hydrogen (secondary N) is 1. The summed E-state index contributed by atoms with van der Waals surface area (Å²) in [7, 11) is 1.69. The van der Waals surface area contributed by atoms with E-state index in [1.807, 2.05) is 12.1 Å². The third-order valence-corrected chi connectivity index (χ3v) is 6.25. The number of anilines is 1. The maximum Gasteiger partial charge on any atom is 0.138 e. The van der Waals surface area contributed by atoms with Crippen molar-refractivity contribution >= 4 is 27.4 Å². The summed E-state index contributed by atoms with van der Waals surface area (Å²) >= 11 is 1.66. The van der Waals surface area contributed by atoms with Gasteiger partial charge in [0.05, 0.1) is 12.5 Å². The van der Waals surface area contributed by atoms with Crippen LogP contribution >= 0.6 is 11.3 Å². The van der Waals surface area contributed by atoms with Gasteiger partial charge in [0.2, 0.25) is 0 Å². The molecular formula is C21H26N4OS. The fourth-order valence-electron chi connectivity index (χ4n) is 3.61. The molecule has 0 radical (unpaired) electrons. The lowest BCUT2D eigenvalue weighted by molar-refractivity contribution is 0.199. The number of hydrogen-bond donors (Lipinski definition) is 1. The van der Waals surface area contributed by atoms with Gasteiger partial charge in [-0.15, -0.1) is 11.3 Å². The standard InChI is InChI=1S/C21H26N4OS/c1-15-7-10-25(11-8-15)12-9-22-20-19-18(13-27-21(19)24-14-23-20)16-3-5-17(26-2)6-4-16/h3-6,13-15H,7-12H2,1-2H3,(H,22,23,24). The van der Waals surface area contributed by atoms with E-state index in [0.29, 0.717) is 0 Å². The Morgan fingerprint density at radius 3 is 2.70 bits per heavy atom. The van der Waals surface area contributed by atoms with E-state index in [2.05, 4.69) is 44.6 Å². The first-order chi connectivity index (χ1) is 13.2. The Morgan fingerprint density at radius 2 is 1.96 bits per heavy atom. The minimum Gasteiger partial charge on any atom is -0.497 e. The predicted octanol–water partition coefficient (Wildman–Crippen LogP) is 4.51. The molecular weight excluding hydrogens is 356 g/mol. The number of nitrogens with zero attached hydrogens (tertiary/aromatic N) is 3. The number of piperidine rings is 1. The first kappa shape index (κ1) is 18.2. The van der Waals surface area contributed by atoms with E-state index in [9.17, 15) is 0 Å². The highest BCUT2D eigenvalue weighted by Crippen LogP contribution is 2.36. The van der Waals surface area contributed by atoms with Crippen molar-refractivity contribution < 1.29 is 4.74 Å². The van der Waals surface area contributed by atoms with Crippen LogP contribution < -0.4 is 10.1 Å². The molecule has 4 rings (SSSR count). The molecule has 3 heterocycles.